The quantitative estimate of drug-likeness (QED) is 0.807. The van der Waals surface area contributed by atoms with E-state index in [1.54, 1.807) is 12.4 Å². The number of carbonyl (C=O) groups excluding carboxylic acids is 1. The van der Waals surface area contributed by atoms with E-state index in [0.29, 0.717) is 5.56 Å². The lowest BCUT2D eigenvalue weighted by Crippen LogP contribution is -2.44. The Labute approximate surface area is 130 Å². The van der Waals surface area contributed by atoms with E-state index in [1.165, 1.54) is 11.1 Å². The van der Waals surface area contributed by atoms with E-state index in [1.807, 2.05) is 17.0 Å². The second-order valence-electron chi connectivity index (χ2n) is 6.11. The first-order chi connectivity index (χ1) is 10.8. The largest absolute Gasteiger partial charge is 0.339 e. The van der Waals surface area contributed by atoms with E-state index in [0.717, 1.165) is 25.9 Å². The standard InChI is InChI=1S/C19H18N2O/c22-18(16-5-3-11-20-14-16)21-12-9-19(10-13-21)8-7-15-4-1-2-6-17(15)19/h1-8,11,14H,9-10,12-13H2. The molecule has 2 heterocycles. The molecular formula is C19H18N2O. The molecule has 110 valence electrons. The van der Waals surface area contributed by atoms with Crippen LogP contribution in [-0.4, -0.2) is 28.9 Å². The molecule has 22 heavy (non-hydrogen) atoms. The van der Waals surface area contributed by atoms with Gasteiger partial charge in [0.05, 0.1) is 5.56 Å². The number of benzene rings is 1. The fourth-order valence-electron chi connectivity index (χ4n) is 3.65. The number of piperidine rings is 1. The molecule has 0 saturated carbocycles. The number of pyridine rings is 1. The monoisotopic (exact) mass is 290 g/mol. The van der Waals surface area contributed by atoms with Crippen LogP contribution in [0.4, 0.5) is 0 Å². The van der Waals surface area contributed by atoms with Gasteiger partial charge >= 0.3 is 0 Å². The van der Waals surface area contributed by atoms with Crippen LogP contribution < -0.4 is 0 Å². The highest BCUT2D eigenvalue weighted by molar-refractivity contribution is 5.94. The Hall–Kier alpha value is -2.42. The van der Waals surface area contributed by atoms with E-state index in [4.69, 9.17) is 0 Å². The van der Waals surface area contributed by atoms with Crippen LogP contribution in [0.1, 0.15) is 34.3 Å². The lowest BCUT2D eigenvalue weighted by atomic mass is 9.74. The van der Waals surface area contributed by atoms with Crippen molar-refractivity contribution in [3.05, 3.63) is 71.6 Å². The van der Waals surface area contributed by atoms with E-state index in [-0.39, 0.29) is 11.3 Å². The fourth-order valence-corrected chi connectivity index (χ4v) is 3.65. The van der Waals surface area contributed by atoms with Gasteiger partial charge in [-0.15, -0.1) is 0 Å². The molecule has 0 N–H and O–H groups in total. The van der Waals surface area contributed by atoms with Crippen LogP contribution in [0.15, 0.2) is 54.9 Å². The van der Waals surface area contributed by atoms with Crippen LogP contribution in [0, 0.1) is 0 Å². The Kier molecular flexibility index (Phi) is 3.07. The van der Waals surface area contributed by atoms with E-state index >= 15 is 0 Å². The van der Waals surface area contributed by atoms with E-state index < -0.39 is 0 Å². The Morgan fingerprint density at radius 1 is 1.09 bits per heavy atom. The summed E-state index contributed by atoms with van der Waals surface area (Å²) in [6, 6.07) is 12.3. The number of nitrogens with zero attached hydrogens (tertiary/aromatic N) is 2. The van der Waals surface area contributed by atoms with Crippen molar-refractivity contribution in [2.75, 3.05) is 13.1 Å². The number of rotatable bonds is 1. The zero-order valence-electron chi connectivity index (χ0n) is 12.4. The molecule has 0 radical (unpaired) electrons. The SMILES string of the molecule is O=C(c1cccnc1)N1CCC2(C=Cc3ccccc32)CC1. The molecule has 1 aliphatic carbocycles. The molecule has 2 aromatic rings. The number of amides is 1. The number of hydrogen-bond acceptors (Lipinski definition) is 2. The summed E-state index contributed by atoms with van der Waals surface area (Å²) in [6.45, 7) is 1.60. The van der Waals surface area contributed by atoms with Gasteiger partial charge in [0.15, 0.2) is 0 Å². The minimum atomic E-state index is 0.0956. The number of carbonyl (C=O) groups is 1. The van der Waals surface area contributed by atoms with Gasteiger partial charge in [0.1, 0.15) is 0 Å². The number of hydrogen-bond donors (Lipinski definition) is 0. The van der Waals surface area contributed by atoms with Crippen LogP contribution in [0.25, 0.3) is 6.08 Å². The minimum absolute atomic E-state index is 0.0956. The predicted molar refractivity (Wildman–Crippen MR) is 86.5 cm³/mol. The molecule has 1 amide bonds. The van der Waals surface area contributed by atoms with Gasteiger partial charge in [-0.1, -0.05) is 36.4 Å². The van der Waals surface area contributed by atoms with Crippen molar-refractivity contribution in [3.8, 4) is 0 Å². The maximum absolute atomic E-state index is 12.5. The third-order valence-electron chi connectivity index (χ3n) is 4.93. The Morgan fingerprint density at radius 3 is 2.68 bits per heavy atom. The molecule has 0 bridgehead atoms. The van der Waals surface area contributed by atoms with Crippen LogP contribution >= 0.6 is 0 Å². The van der Waals surface area contributed by atoms with E-state index in [2.05, 4.69) is 41.4 Å². The van der Waals surface area contributed by atoms with Gasteiger partial charge in [0.2, 0.25) is 0 Å². The second-order valence-corrected chi connectivity index (χ2v) is 6.11. The summed E-state index contributed by atoms with van der Waals surface area (Å²) in [6.07, 6.45) is 9.90. The Balaban J connectivity index is 1.52. The third-order valence-corrected chi connectivity index (χ3v) is 4.93. The number of fused-ring (bicyclic) bond motifs is 2. The molecule has 3 nitrogen and oxygen atoms in total. The van der Waals surface area contributed by atoms with Gasteiger partial charge in [-0.3, -0.25) is 9.78 Å². The lowest BCUT2D eigenvalue weighted by molar-refractivity contribution is 0.0690. The summed E-state index contributed by atoms with van der Waals surface area (Å²) < 4.78 is 0. The average Bonchev–Trinajstić information content (AvgIpc) is 2.95. The molecule has 1 aliphatic heterocycles. The molecule has 1 spiro atoms. The van der Waals surface area contributed by atoms with Crippen molar-refractivity contribution in [2.24, 2.45) is 0 Å². The Morgan fingerprint density at radius 2 is 1.91 bits per heavy atom. The Bertz CT molecular complexity index is 728. The molecule has 2 aliphatic rings. The summed E-state index contributed by atoms with van der Waals surface area (Å²) in [5, 5.41) is 0. The first-order valence-corrected chi connectivity index (χ1v) is 7.77. The highest BCUT2D eigenvalue weighted by Gasteiger charge is 2.38. The van der Waals surface area contributed by atoms with Gasteiger partial charge in [0.25, 0.3) is 5.91 Å². The molecule has 3 heteroatoms. The van der Waals surface area contributed by atoms with Crippen LogP contribution in [-0.2, 0) is 5.41 Å². The molecular weight excluding hydrogens is 272 g/mol. The van der Waals surface area contributed by atoms with Crippen LogP contribution in [0.3, 0.4) is 0 Å². The van der Waals surface area contributed by atoms with Crippen molar-refractivity contribution in [2.45, 2.75) is 18.3 Å². The smallest absolute Gasteiger partial charge is 0.255 e. The highest BCUT2D eigenvalue weighted by atomic mass is 16.2. The van der Waals surface area contributed by atoms with Gasteiger partial charge in [-0.25, -0.2) is 0 Å². The summed E-state index contributed by atoms with van der Waals surface area (Å²) in [7, 11) is 0. The van der Waals surface area contributed by atoms with Gasteiger partial charge in [-0.2, -0.15) is 0 Å². The highest BCUT2D eigenvalue weighted by Crippen LogP contribution is 2.43. The first-order valence-electron chi connectivity index (χ1n) is 7.77. The lowest BCUT2D eigenvalue weighted by Gasteiger charge is -2.39. The maximum Gasteiger partial charge on any atom is 0.255 e. The average molecular weight is 290 g/mol. The zero-order chi connectivity index (χ0) is 15.0. The van der Waals surface area contributed by atoms with E-state index in [9.17, 15) is 4.79 Å². The summed E-state index contributed by atoms with van der Waals surface area (Å²) in [5.74, 6) is 0.0956. The molecule has 1 saturated heterocycles. The van der Waals surface area contributed by atoms with Crippen molar-refractivity contribution >= 4 is 12.0 Å². The summed E-state index contributed by atoms with van der Waals surface area (Å²) in [4.78, 5) is 18.5. The molecule has 0 atom stereocenters. The normalized spacial score (nSPS) is 18.5. The topological polar surface area (TPSA) is 33.2 Å². The van der Waals surface area contributed by atoms with Gasteiger partial charge < -0.3 is 4.90 Å². The summed E-state index contributed by atoms with van der Waals surface area (Å²) in [5.41, 5.74) is 3.56. The van der Waals surface area contributed by atoms with Crippen molar-refractivity contribution in [1.82, 2.24) is 9.88 Å². The van der Waals surface area contributed by atoms with Crippen molar-refractivity contribution < 1.29 is 4.79 Å². The summed E-state index contributed by atoms with van der Waals surface area (Å²) >= 11 is 0. The molecule has 1 aromatic carbocycles. The first kappa shape index (κ1) is 13.3. The van der Waals surface area contributed by atoms with Crippen molar-refractivity contribution in [1.29, 1.82) is 0 Å². The number of allylic oxidation sites excluding steroid dienone is 1. The van der Waals surface area contributed by atoms with Gasteiger partial charge in [0, 0.05) is 30.9 Å². The molecule has 1 fully saturated rings. The number of aromatic nitrogens is 1. The molecule has 1 aromatic heterocycles. The van der Waals surface area contributed by atoms with Crippen LogP contribution in [0.2, 0.25) is 0 Å². The van der Waals surface area contributed by atoms with Crippen molar-refractivity contribution in [3.63, 3.8) is 0 Å². The third kappa shape index (κ3) is 2.05. The van der Waals surface area contributed by atoms with Gasteiger partial charge in [-0.05, 0) is 36.1 Å². The minimum Gasteiger partial charge on any atom is -0.339 e. The maximum atomic E-state index is 12.5. The predicted octanol–water partition coefficient (Wildman–Crippen LogP) is 3.28. The molecule has 4 rings (SSSR count). The van der Waals surface area contributed by atoms with Crippen LogP contribution in [0.5, 0.6) is 0 Å². The zero-order valence-corrected chi connectivity index (χ0v) is 12.4. The molecule has 0 unspecified atom stereocenters. The fraction of sp³-hybridized carbons (Fsp3) is 0.263. The second kappa shape index (κ2) is 5.09. The number of likely N-dealkylation sites (tertiary alicyclic amines) is 1.